The summed E-state index contributed by atoms with van der Waals surface area (Å²) in [5.74, 6) is 0. The Balaban J connectivity index is 0.00000144. The molecule has 96 valence electrons. The van der Waals surface area contributed by atoms with Gasteiger partial charge in [-0.05, 0) is 17.7 Å². The number of hydrogen-bond donors (Lipinski definition) is 2. The predicted molar refractivity (Wildman–Crippen MR) is 62.3 cm³/mol. The van der Waals surface area contributed by atoms with Gasteiger partial charge in [-0.3, -0.25) is 0 Å². The van der Waals surface area contributed by atoms with Crippen molar-refractivity contribution in [2.24, 2.45) is 0 Å². The lowest BCUT2D eigenvalue weighted by molar-refractivity contribution is -0.137. The molecule has 1 aromatic rings. The van der Waals surface area contributed by atoms with Gasteiger partial charge in [0.25, 0.3) is 0 Å². The zero-order valence-electron chi connectivity index (χ0n) is 9.05. The zero-order valence-corrected chi connectivity index (χ0v) is 9.87. The largest absolute Gasteiger partial charge is 0.416 e. The van der Waals surface area contributed by atoms with Crippen LogP contribution in [0.4, 0.5) is 13.2 Å². The van der Waals surface area contributed by atoms with Crippen LogP contribution in [0.1, 0.15) is 17.2 Å². The Labute approximate surface area is 104 Å². The van der Waals surface area contributed by atoms with Crippen molar-refractivity contribution < 1.29 is 13.2 Å². The number of halogens is 4. The van der Waals surface area contributed by atoms with Gasteiger partial charge in [0.2, 0.25) is 0 Å². The lowest BCUT2D eigenvalue weighted by Gasteiger charge is -2.25. The highest BCUT2D eigenvalue weighted by molar-refractivity contribution is 5.85. The summed E-state index contributed by atoms with van der Waals surface area (Å²) in [6.07, 6.45) is -4.27. The summed E-state index contributed by atoms with van der Waals surface area (Å²) in [5.41, 5.74) is 0.0967. The summed E-state index contributed by atoms with van der Waals surface area (Å²) in [4.78, 5) is 0. The highest BCUT2D eigenvalue weighted by Crippen LogP contribution is 2.30. The first-order chi connectivity index (χ1) is 7.57. The molecular weight excluding hydrogens is 253 g/mol. The fourth-order valence-electron chi connectivity index (χ4n) is 1.82. The molecule has 6 heteroatoms. The quantitative estimate of drug-likeness (QED) is 0.815. The Kier molecular flexibility index (Phi) is 4.80. The van der Waals surface area contributed by atoms with Crippen molar-refractivity contribution >= 4 is 12.4 Å². The Morgan fingerprint density at radius 1 is 1.18 bits per heavy atom. The second kappa shape index (κ2) is 5.71. The summed E-state index contributed by atoms with van der Waals surface area (Å²) >= 11 is 0. The van der Waals surface area contributed by atoms with Crippen molar-refractivity contribution in [3.8, 4) is 0 Å². The van der Waals surface area contributed by atoms with Gasteiger partial charge in [-0.2, -0.15) is 13.2 Å². The molecule has 1 fully saturated rings. The fourth-order valence-corrected chi connectivity index (χ4v) is 1.82. The Morgan fingerprint density at radius 3 is 2.53 bits per heavy atom. The van der Waals surface area contributed by atoms with E-state index in [4.69, 9.17) is 0 Å². The third-order valence-electron chi connectivity index (χ3n) is 2.66. The second-order valence-corrected chi connectivity index (χ2v) is 3.83. The van der Waals surface area contributed by atoms with Crippen LogP contribution in [0.15, 0.2) is 24.3 Å². The first-order valence-electron chi connectivity index (χ1n) is 5.18. The average Bonchev–Trinajstić information content (AvgIpc) is 2.29. The summed E-state index contributed by atoms with van der Waals surface area (Å²) in [6, 6.07) is 5.45. The number of piperazine rings is 1. The van der Waals surface area contributed by atoms with E-state index < -0.39 is 11.7 Å². The fraction of sp³-hybridized carbons (Fsp3) is 0.455. The lowest BCUT2D eigenvalue weighted by Crippen LogP contribution is -2.42. The van der Waals surface area contributed by atoms with Crippen molar-refractivity contribution in [3.05, 3.63) is 35.4 Å². The van der Waals surface area contributed by atoms with E-state index in [0.717, 1.165) is 19.2 Å². The minimum Gasteiger partial charge on any atom is -0.314 e. The van der Waals surface area contributed by atoms with E-state index in [9.17, 15) is 13.2 Å². The molecule has 2 rings (SSSR count). The predicted octanol–water partition coefficient (Wildman–Crippen LogP) is 2.36. The molecule has 0 aromatic heterocycles. The van der Waals surface area contributed by atoms with Gasteiger partial charge in [0, 0.05) is 25.7 Å². The first kappa shape index (κ1) is 14.3. The van der Waals surface area contributed by atoms with Crippen LogP contribution in [-0.2, 0) is 6.18 Å². The smallest absolute Gasteiger partial charge is 0.314 e. The average molecular weight is 267 g/mol. The van der Waals surface area contributed by atoms with E-state index >= 15 is 0 Å². The highest BCUT2D eigenvalue weighted by Gasteiger charge is 2.31. The molecule has 0 saturated carbocycles. The molecule has 0 aliphatic carbocycles. The van der Waals surface area contributed by atoms with E-state index in [-0.39, 0.29) is 18.4 Å². The standard InChI is InChI=1S/C11H13F3N2.ClH/c12-11(13,14)9-3-1-2-8(6-9)10-7-15-4-5-16-10;/h1-3,6,10,15-16H,4-5,7H2;1H/t10-;/m0./s1. The lowest BCUT2D eigenvalue weighted by atomic mass is 10.0. The van der Waals surface area contributed by atoms with Crippen molar-refractivity contribution in [1.82, 2.24) is 10.6 Å². The molecule has 0 unspecified atom stereocenters. The molecule has 1 aliphatic heterocycles. The van der Waals surface area contributed by atoms with E-state index in [2.05, 4.69) is 10.6 Å². The van der Waals surface area contributed by atoms with Crippen molar-refractivity contribution in [1.29, 1.82) is 0 Å². The van der Waals surface area contributed by atoms with Crippen molar-refractivity contribution in [2.45, 2.75) is 12.2 Å². The van der Waals surface area contributed by atoms with Gasteiger partial charge in [0.05, 0.1) is 5.56 Å². The molecule has 0 spiro atoms. The van der Waals surface area contributed by atoms with Gasteiger partial charge in [-0.25, -0.2) is 0 Å². The maximum absolute atomic E-state index is 12.5. The van der Waals surface area contributed by atoms with Crippen molar-refractivity contribution in [2.75, 3.05) is 19.6 Å². The number of hydrogen-bond acceptors (Lipinski definition) is 2. The molecular formula is C11H14ClF3N2. The van der Waals surface area contributed by atoms with Gasteiger partial charge < -0.3 is 10.6 Å². The number of alkyl halides is 3. The Bertz CT molecular complexity index is 362. The van der Waals surface area contributed by atoms with E-state index in [1.165, 1.54) is 12.1 Å². The molecule has 2 nitrogen and oxygen atoms in total. The van der Waals surface area contributed by atoms with Crippen molar-refractivity contribution in [3.63, 3.8) is 0 Å². The number of benzene rings is 1. The van der Waals surface area contributed by atoms with Crippen LogP contribution in [0, 0.1) is 0 Å². The highest BCUT2D eigenvalue weighted by atomic mass is 35.5. The van der Waals surface area contributed by atoms with E-state index in [1.54, 1.807) is 6.07 Å². The summed E-state index contributed by atoms with van der Waals surface area (Å²) in [5, 5.41) is 6.33. The molecule has 1 saturated heterocycles. The summed E-state index contributed by atoms with van der Waals surface area (Å²) in [7, 11) is 0. The molecule has 0 bridgehead atoms. The molecule has 1 heterocycles. The summed E-state index contributed by atoms with van der Waals surface area (Å²) in [6.45, 7) is 2.30. The minimum absolute atomic E-state index is 0. The molecule has 1 aliphatic rings. The number of nitrogens with one attached hydrogen (secondary N) is 2. The van der Waals surface area contributed by atoms with Crippen LogP contribution in [0.2, 0.25) is 0 Å². The van der Waals surface area contributed by atoms with Gasteiger partial charge in [-0.15, -0.1) is 12.4 Å². The van der Waals surface area contributed by atoms with Crippen LogP contribution >= 0.6 is 12.4 Å². The van der Waals surface area contributed by atoms with E-state index in [0.29, 0.717) is 12.1 Å². The van der Waals surface area contributed by atoms with Gasteiger partial charge in [-0.1, -0.05) is 12.1 Å². The zero-order chi connectivity index (χ0) is 11.6. The minimum atomic E-state index is -4.27. The Morgan fingerprint density at radius 2 is 1.94 bits per heavy atom. The second-order valence-electron chi connectivity index (χ2n) is 3.83. The monoisotopic (exact) mass is 266 g/mol. The maximum atomic E-state index is 12.5. The van der Waals surface area contributed by atoms with Crippen LogP contribution in [-0.4, -0.2) is 19.6 Å². The molecule has 2 N–H and O–H groups in total. The molecule has 1 aromatic carbocycles. The summed E-state index contributed by atoms with van der Waals surface area (Å²) < 4.78 is 37.5. The maximum Gasteiger partial charge on any atom is 0.416 e. The molecule has 0 amide bonds. The van der Waals surface area contributed by atoms with Gasteiger partial charge >= 0.3 is 6.18 Å². The van der Waals surface area contributed by atoms with Crippen LogP contribution in [0.25, 0.3) is 0 Å². The van der Waals surface area contributed by atoms with Gasteiger partial charge in [0.15, 0.2) is 0 Å². The Hall–Kier alpha value is -0.780. The molecule has 17 heavy (non-hydrogen) atoms. The van der Waals surface area contributed by atoms with E-state index in [1.807, 2.05) is 0 Å². The SMILES string of the molecule is Cl.FC(F)(F)c1cccc([C@@H]2CNCCN2)c1. The van der Waals surface area contributed by atoms with Crippen LogP contribution < -0.4 is 10.6 Å². The first-order valence-corrected chi connectivity index (χ1v) is 5.18. The number of rotatable bonds is 1. The van der Waals surface area contributed by atoms with Crippen LogP contribution in [0.3, 0.4) is 0 Å². The third-order valence-corrected chi connectivity index (χ3v) is 2.66. The normalized spacial score (nSPS) is 20.8. The topological polar surface area (TPSA) is 24.1 Å². The molecule has 0 radical (unpaired) electrons. The van der Waals surface area contributed by atoms with Gasteiger partial charge in [0.1, 0.15) is 0 Å². The molecule has 1 atom stereocenters. The third kappa shape index (κ3) is 3.59. The van der Waals surface area contributed by atoms with Crippen LogP contribution in [0.5, 0.6) is 0 Å².